The maximum Gasteiger partial charge on any atom is 0.274 e. The largest absolute Gasteiger partial charge is 0.295 e. The molecule has 0 atom stereocenters. The highest BCUT2D eigenvalue weighted by molar-refractivity contribution is 6.42. The van der Waals surface area contributed by atoms with Gasteiger partial charge in [-0.1, -0.05) is 37.0 Å². The Hall–Kier alpha value is -1.19. The Morgan fingerprint density at radius 3 is 2.39 bits per heavy atom. The Kier molecular flexibility index (Phi) is 3.55. The summed E-state index contributed by atoms with van der Waals surface area (Å²) in [4.78, 5) is 12.3. The van der Waals surface area contributed by atoms with Crippen LogP contribution in [0.25, 0.3) is 5.69 Å². The molecule has 0 aliphatic heterocycles. The number of benzene rings is 1. The molecular formula is C13H14Cl2N2O. The Bertz CT molecular complexity index is 641. The fourth-order valence-corrected chi connectivity index (χ4v) is 2.34. The van der Waals surface area contributed by atoms with Crippen molar-refractivity contribution in [1.29, 1.82) is 0 Å². The van der Waals surface area contributed by atoms with Crippen LogP contribution in [-0.2, 0) is 0 Å². The van der Waals surface area contributed by atoms with Gasteiger partial charge in [-0.05, 0) is 31.0 Å². The third kappa shape index (κ3) is 2.20. The number of aromatic amines is 1. The molecule has 0 saturated carbocycles. The van der Waals surface area contributed by atoms with Gasteiger partial charge in [-0.2, -0.15) is 0 Å². The standard InChI is InChI=1S/C13H14Cl2N2O/c1-7(2)12-8(3)16-17(13(12)18)9-4-5-10(14)11(15)6-9/h4-7,16H,1-3H3. The number of nitrogens with one attached hydrogen (secondary N) is 1. The van der Waals surface area contributed by atoms with Crippen LogP contribution in [0.5, 0.6) is 0 Å². The fourth-order valence-electron chi connectivity index (χ4n) is 2.05. The van der Waals surface area contributed by atoms with E-state index in [1.54, 1.807) is 18.2 Å². The van der Waals surface area contributed by atoms with Gasteiger partial charge >= 0.3 is 0 Å². The Morgan fingerprint density at radius 1 is 1.22 bits per heavy atom. The molecule has 2 aromatic rings. The number of halogens is 2. The predicted molar refractivity (Wildman–Crippen MR) is 75.2 cm³/mol. The Labute approximate surface area is 115 Å². The molecule has 1 heterocycles. The summed E-state index contributed by atoms with van der Waals surface area (Å²) in [6.45, 7) is 5.89. The van der Waals surface area contributed by atoms with E-state index in [1.165, 1.54) is 4.68 Å². The first-order valence-electron chi connectivity index (χ1n) is 5.68. The number of H-pyrrole nitrogens is 1. The maximum absolute atomic E-state index is 12.3. The van der Waals surface area contributed by atoms with Gasteiger partial charge in [-0.25, -0.2) is 4.68 Å². The molecule has 1 aromatic carbocycles. The minimum Gasteiger partial charge on any atom is -0.295 e. The minimum atomic E-state index is -0.0408. The lowest BCUT2D eigenvalue weighted by Crippen LogP contribution is -2.18. The first-order valence-corrected chi connectivity index (χ1v) is 6.44. The van der Waals surface area contributed by atoms with Crippen molar-refractivity contribution in [3.8, 4) is 5.69 Å². The number of rotatable bonds is 2. The van der Waals surface area contributed by atoms with Crippen LogP contribution in [0.15, 0.2) is 23.0 Å². The normalized spacial score (nSPS) is 11.2. The SMILES string of the molecule is Cc1[nH]n(-c2ccc(Cl)c(Cl)c2)c(=O)c1C(C)C. The molecular weight excluding hydrogens is 271 g/mol. The molecule has 1 N–H and O–H groups in total. The summed E-state index contributed by atoms with van der Waals surface area (Å²) in [5, 5.41) is 3.96. The molecule has 1 aromatic heterocycles. The van der Waals surface area contributed by atoms with Crippen LogP contribution >= 0.6 is 23.2 Å². The van der Waals surface area contributed by atoms with E-state index >= 15 is 0 Å². The van der Waals surface area contributed by atoms with Crippen molar-refractivity contribution in [2.45, 2.75) is 26.7 Å². The van der Waals surface area contributed by atoms with E-state index in [2.05, 4.69) is 5.10 Å². The topological polar surface area (TPSA) is 37.8 Å². The van der Waals surface area contributed by atoms with E-state index in [4.69, 9.17) is 23.2 Å². The van der Waals surface area contributed by atoms with Crippen molar-refractivity contribution in [2.24, 2.45) is 0 Å². The van der Waals surface area contributed by atoms with Gasteiger partial charge in [0.2, 0.25) is 0 Å². The quantitative estimate of drug-likeness (QED) is 0.892. The summed E-state index contributed by atoms with van der Waals surface area (Å²) in [6, 6.07) is 5.11. The van der Waals surface area contributed by atoms with Crippen molar-refractivity contribution in [1.82, 2.24) is 9.78 Å². The van der Waals surface area contributed by atoms with Crippen LogP contribution in [0.1, 0.15) is 31.0 Å². The average molecular weight is 285 g/mol. The first-order chi connectivity index (χ1) is 8.41. The van der Waals surface area contributed by atoms with Crippen molar-refractivity contribution < 1.29 is 0 Å². The molecule has 0 fully saturated rings. The van der Waals surface area contributed by atoms with Gasteiger partial charge in [0.25, 0.3) is 5.56 Å². The van der Waals surface area contributed by atoms with Gasteiger partial charge in [0.05, 0.1) is 15.7 Å². The van der Waals surface area contributed by atoms with Crippen molar-refractivity contribution >= 4 is 23.2 Å². The van der Waals surface area contributed by atoms with Crippen molar-refractivity contribution in [2.75, 3.05) is 0 Å². The number of hydrogen-bond donors (Lipinski definition) is 1. The molecule has 0 spiro atoms. The summed E-state index contributed by atoms with van der Waals surface area (Å²) >= 11 is 11.8. The number of nitrogens with zero attached hydrogens (tertiary/aromatic N) is 1. The molecule has 18 heavy (non-hydrogen) atoms. The summed E-state index contributed by atoms with van der Waals surface area (Å²) in [5.74, 6) is 0.178. The third-order valence-electron chi connectivity index (χ3n) is 2.86. The van der Waals surface area contributed by atoms with Gasteiger partial charge in [-0.15, -0.1) is 0 Å². The molecule has 0 aliphatic carbocycles. The summed E-state index contributed by atoms with van der Waals surface area (Å²) in [6.07, 6.45) is 0. The highest BCUT2D eigenvalue weighted by atomic mass is 35.5. The molecule has 0 radical (unpaired) electrons. The average Bonchev–Trinajstić information content (AvgIpc) is 2.58. The van der Waals surface area contributed by atoms with Gasteiger partial charge in [0.1, 0.15) is 0 Å². The highest BCUT2D eigenvalue weighted by Crippen LogP contribution is 2.24. The lowest BCUT2D eigenvalue weighted by molar-refractivity contribution is 0.824. The van der Waals surface area contributed by atoms with Crippen molar-refractivity contribution in [3.63, 3.8) is 0 Å². The minimum absolute atomic E-state index is 0.0408. The highest BCUT2D eigenvalue weighted by Gasteiger charge is 2.15. The summed E-state index contributed by atoms with van der Waals surface area (Å²) in [7, 11) is 0. The molecule has 0 bridgehead atoms. The van der Waals surface area contributed by atoms with Crippen LogP contribution in [0.2, 0.25) is 10.0 Å². The van der Waals surface area contributed by atoms with E-state index in [0.29, 0.717) is 15.7 Å². The maximum atomic E-state index is 12.3. The van der Waals surface area contributed by atoms with Crippen LogP contribution in [0, 0.1) is 6.92 Å². The summed E-state index contributed by atoms with van der Waals surface area (Å²) < 4.78 is 1.49. The Balaban J connectivity index is 2.62. The van der Waals surface area contributed by atoms with E-state index in [1.807, 2.05) is 20.8 Å². The molecule has 5 heteroatoms. The third-order valence-corrected chi connectivity index (χ3v) is 3.59. The predicted octanol–water partition coefficient (Wildman–Crippen LogP) is 3.90. The zero-order valence-corrected chi connectivity index (χ0v) is 11.9. The van der Waals surface area contributed by atoms with E-state index in [0.717, 1.165) is 11.3 Å². The van der Waals surface area contributed by atoms with Crippen LogP contribution in [0.3, 0.4) is 0 Å². The van der Waals surface area contributed by atoms with E-state index in [-0.39, 0.29) is 11.5 Å². The van der Waals surface area contributed by atoms with Gasteiger partial charge in [0.15, 0.2) is 0 Å². The van der Waals surface area contributed by atoms with Gasteiger partial charge in [0, 0.05) is 11.3 Å². The lowest BCUT2D eigenvalue weighted by Gasteiger charge is -2.03. The zero-order valence-electron chi connectivity index (χ0n) is 10.4. The molecule has 0 saturated heterocycles. The van der Waals surface area contributed by atoms with E-state index in [9.17, 15) is 4.79 Å². The molecule has 0 aliphatic rings. The van der Waals surface area contributed by atoms with Crippen LogP contribution in [0.4, 0.5) is 0 Å². The van der Waals surface area contributed by atoms with Crippen molar-refractivity contribution in [3.05, 3.63) is 49.9 Å². The number of aryl methyl sites for hydroxylation is 1. The second-order valence-corrected chi connectivity index (χ2v) is 5.36. The van der Waals surface area contributed by atoms with Crippen LogP contribution < -0.4 is 5.56 Å². The second-order valence-electron chi connectivity index (χ2n) is 4.54. The van der Waals surface area contributed by atoms with Crippen LogP contribution in [-0.4, -0.2) is 9.78 Å². The smallest absolute Gasteiger partial charge is 0.274 e. The monoisotopic (exact) mass is 284 g/mol. The molecule has 0 amide bonds. The summed E-state index contributed by atoms with van der Waals surface area (Å²) in [5.41, 5.74) is 2.31. The molecule has 2 rings (SSSR count). The Morgan fingerprint density at radius 2 is 1.89 bits per heavy atom. The molecule has 0 unspecified atom stereocenters. The zero-order chi connectivity index (χ0) is 13.4. The number of aromatic nitrogens is 2. The van der Waals surface area contributed by atoms with Gasteiger partial charge in [-0.3, -0.25) is 9.89 Å². The molecule has 3 nitrogen and oxygen atoms in total. The van der Waals surface area contributed by atoms with Gasteiger partial charge < -0.3 is 0 Å². The first kappa shape index (κ1) is 13.2. The molecule has 96 valence electrons. The number of hydrogen-bond acceptors (Lipinski definition) is 1. The lowest BCUT2D eigenvalue weighted by atomic mass is 10.1. The fraction of sp³-hybridized carbons (Fsp3) is 0.308. The van der Waals surface area contributed by atoms with E-state index < -0.39 is 0 Å². The second kappa shape index (κ2) is 4.82.